The Balaban J connectivity index is 1.43. The Bertz CT molecular complexity index is 1070. The van der Waals surface area contributed by atoms with Gasteiger partial charge in [0.1, 0.15) is 17.4 Å². The number of rotatable bonds is 6. The van der Waals surface area contributed by atoms with Crippen LogP contribution in [-0.4, -0.2) is 23.6 Å². The standard InChI is InChI=1S/C23H22F2N2O3/c1-14-10-15-4-2-3-5-20(15)27(14)13-22-18(8-9-30-22)23(29)26-12-21(28)17-7-6-16(24)11-19(17)25/h2-9,11,14,21,28H,10,12-13H2,1H3,(H,26,29). The molecule has 0 aliphatic carbocycles. The fourth-order valence-electron chi connectivity index (χ4n) is 3.86. The van der Waals surface area contributed by atoms with Crippen molar-refractivity contribution in [2.75, 3.05) is 11.4 Å². The highest BCUT2D eigenvalue weighted by Crippen LogP contribution is 2.33. The number of halogens is 2. The van der Waals surface area contributed by atoms with Gasteiger partial charge in [-0.05, 0) is 37.1 Å². The van der Waals surface area contributed by atoms with Crippen LogP contribution in [0.15, 0.2) is 59.2 Å². The van der Waals surface area contributed by atoms with Gasteiger partial charge >= 0.3 is 0 Å². The molecule has 0 radical (unpaired) electrons. The highest BCUT2D eigenvalue weighted by Gasteiger charge is 2.28. The van der Waals surface area contributed by atoms with Gasteiger partial charge in [-0.15, -0.1) is 0 Å². The third-order valence-corrected chi connectivity index (χ3v) is 5.43. The van der Waals surface area contributed by atoms with Crippen molar-refractivity contribution in [2.45, 2.75) is 32.0 Å². The van der Waals surface area contributed by atoms with Crippen LogP contribution in [0.5, 0.6) is 0 Å². The van der Waals surface area contributed by atoms with E-state index < -0.39 is 23.6 Å². The van der Waals surface area contributed by atoms with Crippen LogP contribution in [0.3, 0.4) is 0 Å². The number of para-hydroxylation sites is 1. The number of anilines is 1. The van der Waals surface area contributed by atoms with Crippen molar-refractivity contribution in [2.24, 2.45) is 0 Å². The Kier molecular flexibility index (Phi) is 5.55. The molecule has 0 saturated carbocycles. The summed E-state index contributed by atoms with van der Waals surface area (Å²) in [6.07, 6.45) is 1.08. The number of hydrogen-bond donors (Lipinski definition) is 2. The summed E-state index contributed by atoms with van der Waals surface area (Å²) in [5.41, 5.74) is 2.66. The molecule has 1 amide bonds. The van der Waals surface area contributed by atoms with Crippen molar-refractivity contribution in [3.8, 4) is 0 Å². The van der Waals surface area contributed by atoms with Crippen LogP contribution in [0.1, 0.15) is 40.3 Å². The molecular formula is C23H22F2N2O3. The molecule has 2 unspecified atom stereocenters. The molecule has 2 N–H and O–H groups in total. The second-order valence-electron chi connectivity index (χ2n) is 7.46. The summed E-state index contributed by atoms with van der Waals surface area (Å²) in [5.74, 6) is -1.50. The highest BCUT2D eigenvalue weighted by atomic mass is 19.1. The molecule has 1 aliphatic rings. The minimum Gasteiger partial charge on any atom is -0.467 e. The maximum Gasteiger partial charge on any atom is 0.255 e. The van der Waals surface area contributed by atoms with Gasteiger partial charge in [-0.1, -0.05) is 24.3 Å². The van der Waals surface area contributed by atoms with Gasteiger partial charge in [0.2, 0.25) is 0 Å². The molecule has 7 heteroatoms. The molecular weight excluding hydrogens is 390 g/mol. The van der Waals surface area contributed by atoms with Gasteiger partial charge in [-0.3, -0.25) is 4.79 Å². The van der Waals surface area contributed by atoms with Gasteiger partial charge in [-0.2, -0.15) is 0 Å². The fraction of sp³-hybridized carbons (Fsp3) is 0.261. The van der Waals surface area contributed by atoms with E-state index in [4.69, 9.17) is 4.42 Å². The molecule has 2 aromatic carbocycles. The van der Waals surface area contributed by atoms with Crippen LogP contribution in [0.2, 0.25) is 0 Å². The fourth-order valence-corrected chi connectivity index (χ4v) is 3.86. The molecule has 2 heterocycles. The number of fused-ring (bicyclic) bond motifs is 1. The number of nitrogens with one attached hydrogen (secondary N) is 1. The summed E-state index contributed by atoms with van der Waals surface area (Å²) in [6, 6.07) is 12.9. The lowest BCUT2D eigenvalue weighted by Crippen LogP contribution is -2.31. The summed E-state index contributed by atoms with van der Waals surface area (Å²) < 4.78 is 32.4. The number of amides is 1. The Morgan fingerprint density at radius 2 is 2.07 bits per heavy atom. The van der Waals surface area contributed by atoms with Crippen molar-refractivity contribution >= 4 is 11.6 Å². The Hall–Kier alpha value is -3.19. The normalized spacial score (nSPS) is 16.4. The van der Waals surface area contributed by atoms with Crippen LogP contribution in [0, 0.1) is 11.6 Å². The molecule has 3 aromatic rings. The summed E-state index contributed by atoms with van der Waals surface area (Å²) in [4.78, 5) is 14.8. The largest absolute Gasteiger partial charge is 0.467 e. The third kappa shape index (κ3) is 3.93. The predicted molar refractivity (Wildman–Crippen MR) is 108 cm³/mol. The molecule has 0 saturated heterocycles. The minimum absolute atomic E-state index is 0.0772. The lowest BCUT2D eigenvalue weighted by molar-refractivity contribution is 0.0912. The number of benzene rings is 2. The number of aliphatic hydroxyl groups excluding tert-OH is 1. The lowest BCUT2D eigenvalue weighted by atomic mass is 10.1. The van der Waals surface area contributed by atoms with Crippen molar-refractivity contribution in [3.63, 3.8) is 0 Å². The van der Waals surface area contributed by atoms with Gasteiger partial charge in [0.25, 0.3) is 5.91 Å². The van der Waals surface area contributed by atoms with Gasteiger partial charge in [0, 0.05) is 29.9 Å². The Morgan fingerprint density at radius 3 is 2.87 bits per heavy atom. The highest BCUT2D eigenvalue weighted by molar-refractivity contribution is 5.95. The molecule has 30 heavy (non-hydrogen) atoms. The summed E-state index contributed by atoms with van der Waals surface area (Å²) >= 11 is 0. The number of carbonyl (C=O) groups is 1. The second-order valence-corrected chi connectivity index (χ2v) is 7.46. The van der Waals surface area contributed by atoms with Gasteiger partial charge in [-0.25, -0.2) is 8.78 Å². The summed E-state index contributed by atoms with van der Waals surface area (Å²) in [6.45, 7) is 2.34. The first-order chi connectivity index (χ1) is 14.4. The number of carbonyl (C=O) groups excluding carboxylic acids is 1. The SMILES string of the molecule is CC1Cc2ccccc2N1Cc1occc1C(=O)NCC(O)c1ccc(F)cc1F. The first-order valence-electron chi connectivity index (χ1n) is 9.76. The average Bonchev–Trinajstić information content (AvgIpc) is 3.31. The van der Waals surface area contributed by atoms with E-state index >= 15 is 0 Å². The average molecular weight is 412 g/mol. The summed E-state index contributed by atoms with van der Waals surface area (Å²) in [5, 5.41) is 12.8. The van der Waals surface area contributed by atoms with E-state index in [1.54, 1.807) is 6.07 Å². The second kappa shape index (κ2) is 8.28. The molecule has 0 bridgehead atoms. The molecule has 4 rings (SSSR count). The monoisotopic (exact) mass is 412 g/mol. The van der Waals surface area contributed by atoms with Crippen LogP contribution in [-0.2, 0) is 13.0 Å². The zero-order valence-electron chi connectivity index (χ0n) is 16.4. The van der Waals surface area contributed by atoms with Gasteiger partial charge < -0.3 is 19.7 Å². The van der Waals surface area contributed by atoms with E-state index in [2.05, 4.69) is 29.3 Å². The minimum atomic E-state index is -1.30. The number of aliphatic hydroxyl groups is 1. The van der Waals surface area contributed by atoms with Crippen molar-refractivity contribution in [3.05, 3.63) is 88.9 Å². The van der Waals surface area contributed by atoms with Crippen LogP contribution in [0.25, 0.3) is 0 Å². The topological polar surface area (TPSA) is 65.7 Å². The maximum atomic E-state index is 13.8. The lowest BCUT2D eigenvalue weighted by Gasteiger charge is -2.24. The Morgan fingerprint density at radius 1 is 1.27 bits per heavy atom. The smallest absolute Gasteiger partial charge is 0.255 e. The summed E-state index contributed by atoms with van der Waals surface area (Å²) in [7, 11) is 0. The molecule has 1 aliphatic heterocycles. The zero-order chi connectivity index (χ0) is 21.3. The number of hydrogen-bond acceptors (Lipinski definition) is 4. The maximum absolute atomic E-state index is 13.8. The molecule has 156 valence electrons. The Labute approximate surface area is 172 Å². The molecule has 2 atom stereocenters. The first kappa shape index (κ1) is 20.1. The number of nitrogens with zero attached hydrogens (tertiary/aromatic N) is 1. The molecule has 0 fully saturated rings. The molecule has 1 aromatic heterocycles. The molecule has 5 nitrogen and oxygen atoms in total. The van der Waals surface area contributed by atoms with Crippen LogP contribution >= 0.6 is 0 Å². The van der Waals surface area contributed by atoms with Crippen LogP contribution < -0.4 is 10.2 Å². The zero-order valence-corrected chi connectivity index (χ0v) is 16.4. The van der Waals surface area contributed by atoms with E-state index in [1.165, 1.54) is 11.8 Å². The van der Waals surface area contributed by atoms with Crippen molar-refractivity contribution in [1.29, 1.82) is 0 Å². The van der Waals surface area contributed by atoms with Crippen LogP contribution in [0.4, 0.5) is 14.5 Å². The first-order valence-corrected chi connectivity index (χ1v) is 9.76. The quantitative estimate of drug-likeness (QED) is 0.643. The molecule has 0 spiro atoms. The van der Waals surface area contributed by atoms with E-state index in [1.807, 2.05) is 12.1 Å². The third-order valence-electron chi connectivity index (χ3n) is 5.43. The number of furan rings is 1. The van der Waals surface area contributed by atoms with Gasteiger partial charge in [0.05, 0.1) is 24.5 Å². The van der Waals surface area contributed by atoms with Gasteiger partial charge in [0.15, 0.2) is 0 Å². The predicted octanol–water partition coefficient (Wildman–Crippen LogP) is 3.97. The van der Waals surface area contributed by atoms with E-state index in [0.717, 1.165) is 24.2 Å². The van der Waals surface area contributed by atoms with Crippen molar-refractivity contribution < 1.29 is 23.1 Å². The van der Waals surface area contributed by atoms with Crippen molar-refractivity contribution in [1.82, 2.24) is 5.32 Å². The van der Waals surface area contributed by atoms with E-state index in [-0.39, 0.29) is 18.2 Å². The van der Waals surface area contributed by atoms with E-state index in [9.17, 15) is 18.7 Å². The van der Waals surface area contributed by atoms with E-state index in [0.29, 0.717) is 23.9 Å².